The van der Waals surface area contributed by atoms with Crippen LogP contribution < -0.4 is 5.73 Å². The van der Waals surface area contributed by atoms with Crippen molar-refractivity contribution in [1.29, 1.82) is 0 Å². The zero-order valence-electron chi connectivity index (χ0n) is 7.03. The predicted molar refractivity (Wildman–Crippen MR) is 55.3 cm³/mol. The first-order valence-corrected chi connectivity index (χ1v) is 5.10. The summed E-state index contributed by atoms with van der Waals surface area (Å²) in [5, 5.41) is 2.02. The van der Waals surface area contributed by atoms with Gasteiger partial charge >= 0.3 is 0 Å². The van der Waals surface area contributed by atoms with Crippen molar-refractivity contribution in [1.82, 2.24) is 9.97 Å². The molecule has 0 aliphatic carbocycles. The Labute approximate surface area is 88.7 Å². The molecule has 0 fully saturated rings. The molecule has 0 radical (unpaired) electrons. The van der Waals surface area contributed by atoms with Gasteiger partial charge in [0.05, 0.1) is 22.3 Å². The lowest BCUT2D eigenvalue weighted by Gasteiger charge is -1.99. The Balaban J connectivity index is 2.60. The van der Waals surface area contributed by atoms with Crippen LogP contribution in [0.3, 0.4) is 0 Å². The third-order valence-corrected chi connectivity index (χ3v) is 2.81. The number of fused-ring (bicyclic) bond motifs is 1. The highest BCUT2D eigenvalue weighted by molar-refractivity contribution is 7.17. The van der Waals surface area contributed by atoms with Crippen LogP contribution >= 0.6 is 22.9 Å². The Morgan fingerprint density at radius 1 is 1.57 bits per heavy atom. The van der Waals surface area contributed by atoms with Gasteiger partial charge in [-0.1, -0.05) is 0 Å². The van der Waals surface area contributed by atoms with E-state index in [0.29, 0.717) is 5.69 Å². The maximum Gasteiger partial charge on any atom is 0.223 e. The molecule has 0 aliphatic heterocycles. The average molecular weight is 228 g/mol. The normalized spacial score (nSPS) is 10.6. The van der Waals surface area contributed by atoms with Crippen molar-refractivity contribution in [2.45, 2.75) is 6.42 Å². The highest BCUT2D eigenvalue weighted by atomic mass is 35.5. The van der Waals surface area contributed by atoms with Gasteiger partial charge < -0.3 is 5.73 Å². The van der Waals surface area contributed by atoms with Crippen molar-refractivity contribution in [2.24, 2.45) is 5.73 Å². The molecule has 2 aromatic rings. The molecular weight excluding hydrogens is 222 g/mol. The summed E-state index contributed by atoms with van der Waals surface area (Å²) >= 11 is 7.17. The topological polar surface area (TPSA) is 68.9 Å². The van der Waals surface area contributed by atoms with Crippen molar-refractivity contribution in [2.75, 3.05) is 0 Å². The first-order valence-electron chi connectivity index (χ1n) is 3.85. The van der Waals surface area contributed by atoms with E-state index in [1.165, 1.54) is 11.3 Å². The summed E-state index contributed by atoms with van der Waals surface area (Å²) in [7, 11) is 0. The summed E-state index contributed by atoms with van der Waals surface area (Å²) in [4.78, 5) is 18.8. The standard InChI is InChI=1S/C8H6ClN3OS/c9-8-11-4-1-2-14-7(4)5(12-8)3-6(10)13/h1-2H,3H2,(H2,10,13). The highest BCUT2D eigenvalue weighted by Gasteiger charge is 2.09. The highest BCUT2D eigenvalue weighted by Crippen LogP contribution is 2.23. The van der Waals surface area contributed by atoms with Crippen LogP contribution in [-0.2, 0) is 11.2 Å². The molecule has 14 heavy (non-hydrogen) atoms. The number of aromatic nitrogens is 2. The molecule has 0 atom stereocenters. The van der Waals surface area contributed by atoms with E-state index in [2.05, 4.69) is 9.97 Å². The second-order valence-corrected chi connectivity index (χ2v) is 3.97. The number of thiophene rings is 1. The fraction of sp³-hybridized carbons (Fsp3) is 0.125. The molecule has 1 amide bonds. The number of hydrogen-bond donors (Lipinski definition) is 1. The van der Waals surface area contributed by atoms with E-state index in [4.69, 9.17) is 17.3 Å². The minimum atomic E-state index is -0.422. The fourth-order valence-corrected chi connectivity index (χ4v) is 2.19. The molecule has 6 heteroatoms. The van der Waals surface area contributed by atoms with Gasteiger partial charge in [0.25, 0.3) is 0 Å². The van der Waals surface area contributed by atoms with E-state index in [-0.39, 0.29) is 11.7 Å². The van der Waals surface area contributed by atoms with Crippen LogP contribution in [-0.4, -0.2) is 15.9 Å². The average Bonchev–Trinajstić information content (AvgIpc) is 2.50. The van der Waals surface area contributed by atoms with Gasteiger partial charge in [-0.05, 0) is 23.0 Å². The monoisotopic (exact) mass is 227 g/mol. The molecule has 0 saturated heterocycles. The fourth-order valence-electron chi connectivity index (χ4n) is 1.18. The molecule has 2 heterocycles. The molecule has 0 bridgehead atoms. The Kier molecular flexibility index (Phi) is 2.35. The quantitative estimate of drug-likeness (QED) is 0.788. The number of carbonyl (C=O) groups excluding carboxylic acids is 1. The molecule has 2 aromatic heterocycles. The Morgan fingerprint density at radius 3 is 3.07 bits per heavy atom. The van der Waals surface area contributed by atoms with Gasteiger partial charge in [-0.15, -0.1) is 11.3 Å². The van der Waals surface area contributed by atoms with Crippen molar-refractivity contribution in [3.63, 3.8) is 0 Å². The van der Waals surface area contributed by atoms with Gasteiger partial charge in [-0.2, -0.15) is 0 Å². The first kappa shape index (κ1) is 9.36. The van der Waals surface area contributed by atoms with E-state index in [0.717, 1.165) is 10.2 Å². The zero-order valence-corrected chi connectivity index (χ0v) is 8.60. The molecule has 0 aromatic carbocycles. The molecule has 0 spiro atoms. The number of primary amides is 1. The van der Waals surface area contributed by atoms with E-state index in [9.17, 15) is 4.79 Å². The van der Waals surface area contributed by atoms with Gasteiger partial charge in [-0.3, -0.25) is 4.79 Å². The summed E-state index contributed by atoms with van der Waals surface area (Å²) < 4.78 is 0.869. The number of nitrogens with zero attached hydrogens (tertiary/aromatic N) is 2. The molecule has 2 rings (SSSR count). The lowest BCUT2D eigenvalue weighted by atomic mass is 10.2. The Hall–Kier alpha value is -1.20. The van der Waals surface area contributed by atoms with Crippen molar-refractivity contribution in [3.8, 4) is 0 Å². The van der Waals surface area contributed by atoms with Crippen molar-refractivity contribution < 1.29 is 4.79 Å². The van der Waals surface area contributed by atoms with Gasteiger partial charge in [-0.25, -0.2) is 9.97 Å². The zero-order chi connectivity index (χ0) is 10.1. The predicted octanol–water partition coefficient (Wildman–Crippen LogP) is 1.37. The number of amides is 1. The van der Waals surface area contributed by atoms with Crippen LogP contribution in [0.1, 0.15) is 5.69 Å². The van der Waals surface area contributed by atoms with Crippen LogP contribution in [0.4, 0.5) is 0 Å². The largest absolute Gasteiger partial charge is 0.369 e. The summed E-state index contributed by atoms with van der Waals surface area (Å²) in [6, 6.07) is 1.83. The lowest BCUT2D eigenvalue weighted by molar-refractivity contribution is -0.117. The maximum absolute atomic E-state index is 10.8. The van der Waals surface area contributed by atoms with E-state index in [1.807, 2.05) is 11.4 Å². The number of nitrogens with two attached hydrogens (primary N) is 1. The summed E-state index contributed by atoms with van der Waals surface area (Å²) in [5.41, 5.74) is 6.45. The molecule has 72 valence electrons. The molecule has 0 unspecified atom stereocenters. The van der Waals surface area contributed by atoms with Crippen molar-refractivity contribution in [3.05, 3.63) is 22.4 Å². The second kappa shape index (κ2) is 3.51. The third-order valence-electron chi connectivity index (χ3n) is 1.69. The van der Waals surface area contributed by atoms with E-state index >= 15 is 0 Å². The number of rotatable bonds is 2. The van der Waals surface area contributed by atoms with Crippen LogP contribution in [0.25, 0.3) is 10.2 Å². The van der Waals surface area contributed by atoms with Crippen LogP contribution in [0.15, 0.2) is 11.4 Å². The third kappa shape index (κ3) is 1.69. The second-order valence-electron chi connectivity index (χ2n) is 2.72. The molecule has 4 nitrogen and oxygen atoms in total. The molecule has 0 aliphatic rings. The number of hydrogen-bond acceptors (Lipinski definition) is 4. The van der Waals surface area contributed by atoms with Crippen LogP contribution in [0.2, 0.25) is 5.28 Å². The molecule has 2 N–H and O–H groups in total. The molecular formula is C8H6ClN3OS. The lowest BCUT2D eigenvalue weighted by Crippen LogP contribution is -2.14. The smallest absolute Gasteiger partial charge is 0.223 e. The van der Waals surface area contributed by atoms with Crippen LogP contribution in [0.5, 0.6) is 0 Å². The van der Waals surface area contributed by atoms with Gasteiger partial charge in [0.1, 0.15) is 0 Å². The van der Waals surface area contributed by atoms with Crippen LogP contribution in [0, 0.1) is 0 Å². The number of carbonyl (C=O) groups is 1. The Bertz CT molecular complexity index is 496. The van der Waals surface area contributed by atoms with E-state index in [1.54, 1.807) is 0 Å². The minimum Gasteiger partial charge on any atom is -0.369 e. The maximum atomic E-state index is 10.8. The summed E-state index contributed by atoms with van der Waals surface area (Å²) in [6.45, 7) is 0. The Morgan fingerprint density at radius 2 is 2.36 bits per heavy atom. The minimum absolute atomic E-state index is 0.0965. The van der Waals surface area contributed by atoms with Gasteiger partial charge in [0.2, 0.25) is 11.2 Å². The molecule has 0 saturated carbocycles. The van der Waals surface area contributed by atoms with Gasteiger partial charge in [0, 0.05) is 0 Å². The number of halogens is 1. The van der Waals surface area contributed by atoms with E-state index < -0.39 is 5.91 Å². The SMILES string of the molecule is NC(=O)Cc1nc(Cl)nc2ccsc12. The summed E-state index contributed by atoms with van der Waals surface area (Å²) in [5.74, 6) is -0.422. The van der Waals surface area contributed by atoms with Gasteiger partial charge in [0.15, 0.2) is 0 Å². The first-order chi connectivity index (χ1) is 6.66. The van der Waals surface area contributed by atoms with Crippen molar-refractivity contribution >= 4 is 39.1 Å². The summed E-state index contributed by atoms with van der Waals surface area (Å²) in [6.07, 6.45) is 0.0965.